The van der Waals surface area contributed by atoms with E-state index < -0.39 is 0 Å². The second-order valence-electron chi connectivity index (χ2n) is 5.92. The molecular weight excluding hydrogens is 280 g/mol. The van der Waals surface area contributed by atoms with Crippen LogP contribution in [0.15, 0.2) is 36.5 Å². The molecule has 4 rings (SSSR count). The normalized spacial score (nSPS) is 24.4. The smallest absolute Gasteiger partial charge is 0.231 e. The Hall–Kier alpha value is -2.21. The Balaban J connectivity index is 1.52. The Morgan fingerprint density at radius 3 is 2.82 bits per heavy atom. The van der Waals surface area contributed by atoms with Crippen LogP contribution >= 0.6 is 0 Å². The molecule has 2 fully saturated rings. The summed E-state index contributed by atoms with van der Waals surface area (Å²) in [6.07, 6.45) is 4.81. The first-order valence-corrected chi connectivity index (χ1v) is 7.71. The van der Waals surface area contributed by atoms with Crippen molar-refractivity contribution in [1.82, 2.24) is 15.0 Å². The number of para-hydroxylation sites is 1. The van der Waals surface area contributed by atoms with Crippen LogP contribution in [-0.2, 0) is 9.53 Å². The summed E-state index contributed by atoms with van der Waals surface area (Å²) in [7, 11) is 0. The maximum Gasteiger partial charge on any atom is 0.231 e. The predicted molar refractivity (Wildman–Crippen MR) is 80.6 cm³/mol. The van der Waals surface area contributed by atoms with E-state index in [1.54, 1.807) is 10.9 Å². The lowest BCUT2D eigenvalue weighted by atomic mass is 9.97. The maximum absolute atomic E-state index is 12.6. The lowest BCUT2D eigenvalue weighted by molar-refractivity contribution is -0.121. The van der Waals surface area contributed by atoms with E-state index in [2.05, 4.69) is 15.6 Å². The number of carbonyl (C=O) groups is 1. The van der Waals surface area contributed by atoms with Crippen molar-refractivity contribution >= 4 is 11.7 Å². The van der Waals surface area contributed by atoms with Crippen LogP contribution in [0.1, 0.15) is 19.3 Å². The predicted octanol–water partition coefficient (Wildman–Crippen LogP) is 2.02. The average molecular weight is 298 g/mol. The lowest BCUT2D eigenvalue weighted by Crippen LogP contribution is -2.31. The molecule has 22 heavy (non-hydrogen) atoms. The number of nitrogens with zero attached hydrogens (tertiary/aromatic N) is 3. The molecule has 1 aliphatic heterocycles. The molecule has 1 aromatic carbocycles. The summed E-state index contributed by atoms with van der Waals surface area (Å²) in [6.45, 7) is 0.676. The van der Waals surface area contributed by atoms with E-state index in [9.17, 15) is 4.79 Å². The molecule has 0 radical (unpaired) electrons. The third-order valence-electron chi connectivity index (χ3n) is 4.36. The van der Waals surface area contributed by atoms with Gasteiger partial charge in [0.25, 0.3) is 0 Å². The quantitative estimate of drug-likeness (QED) is 0.937. The van der Waals surface area contributed by atoms with Crippen molar-refractivity contribution in [2.45, 2.75) is 25.4 Å². The van der Waals surface area contributed by atoms with Gasteiger partial charge in [0.15, 0.2) is 5.82 Å². The van der Waals surface area contributed by atoms with Crippen molar-refractivity contribution in [3.05, 3.63) is 36.5 Å². The number of ether oxygens (including phenoxy) is 1. The number of hydrogen-bond donors (Lipinski definition) is 1. The van der Waals surface area contributed by atoms with Gasteiger partial charge in [-0.25, -0.2) is 0 Å². The maximum atomic E-state index is 12.6. The van der Waals surface area contributed by atoms with Crippen LogP contribution in [0.4, 0.5) is 5.82 Å². The van der Waals surface area contributed by atoms with Gasteiger partial charge >= 0.3 is 0 Å². The molecule has 1 aliphatic carbocycles. The summed E-state index contributed by atoms with van der Waals surface area (Å²) in [6, 6.07) is 9.65. The van der Waals surface area contributed by atoms with Gasteiger partial charge in [0.1, 0.15) is 0 Å². The number of aromatic nitrogens is 3. The molecule has 2 aliphatic rings. The second-order valence-corrected chi connectivity index (χ2v) is 5.92. The van der Waals surface area contributed by atoms with Crippen molar-refractivity contribution in [2.75, 3.05) is 11.9 Å². The van der Waals surface area contributed by atoms with E-state index in [0.717, 1.165) is 12.1 Å². The van der Waals surface area contributed by atoms with Gasteiger partial charge in [-0.3, -0.25) is 4.79 Å². The van der Waals surface area contributed by atoms with Gasteiger partial charge < -0.3 is 10.1 Å². The van der Waals surface area contributed by atoms with Crippen molar-refractivity contribution in [2.24, 2.45) is 11.8 Å². The Morgan fingerprint density at radius 1 is 1.23 bits per heavy atom. The molecule has 0 bridgehead atoms. The lowest BCUT2D eigenvalue weighted by Gasteiger charge is -2.17. The highest BCUT2D eigenvalue weighted by molar-refractivity contribution is 5.92. The number of carbonyl (C=O) groups excluding carboxylic acids is 1. The zero-order chi connectivity index (χ0) is 14.9. The van der Waals surface area contributed by atoms with E-state index in [1.165, 1.54) is 12.8 Å². The van der Waals surface area contributed by atoms with E-state index in [4.69, 9.17) is 4.74 Å². The van der Waals surface area contributed by atoms with Crippen LogP contribution in [0.3, 0.4) is 0 Å². The van der Waals surface area contributed by atoms with Crippen LogP contribution in [0.2, 0.25) is 0 Å². The Morgan fingerprint density at radius 2 is 2.05 bits per heavy atom. The van der Waals surface area contributed by atoms with Gasteiger partial charge in [0, 0.05) is 6.61 Å². The minimum absolute atomic E-state index is 0.00822. The summed E-state index contributed by atoms with van der Waals surface area (Å²) < 4.78 is 7.38. The topological polar surface area (TPSA) is 69.0 Å². The van der Waals surface area contributed by atoms with E-state index in [1.807, 2.05) is 30.3 Å². The van der Waals surface area contributed by atoms with Gasteiger partial charge in [0.2, 0.25) is 5.91 Å². The van der Waals surface area contributed by atoms with E-state index >= 15 is 0 Å². The summed E-state index contributed by atoms with van der Waals surface area (Å²) in [5.41, 5.74) is 0.872. The third kappa shape index (κ3) is 2.50. The molecule has 0 spiro atoms. The first-order chi connectivity index (χ1) is 10.8. The molecule has 1 saturated carbocycles. The first-order valence-electron chi connectivity index (χ1n) is 7.71. The zero-order valence-electron chi connectivity index (χ0n) is 12.2. The highest BCUT2D eigenvalue weighted by atomic mass is 16.5. The van der Waals surface area contributed by atoms with Gasteiger partial charge in [-0.15, -0.1) is 5.10 Å². The largest absolute Gasteiger partial charge is 0.377 e. The second kappa shape index (κ2) is 5.53. The summed E-state index contributed by atoms with van der Waals surface area (Å²) in [5.74, 6) is 1.11. The Labute approximate surface area is 128 Å². The molecule has 1 aromatic heterocycles. The third-order valence-corrected chi connectivity index (χ3v) is 4.36. The van der Waals surface area contributed by atoms with Gasteiger partial charge in [-0.05, 0) is 37.3 Å². The molecule has 1 N–H and O–H groups in total. The number of rotatable bonds is 4. The highest BCUT2D eigenvalue weighted by Gasteiger charge is 2.43. The summed E-state index contributed by atoms with van der Waals surface area (Å²) >= 11 is 0. The molecule has 114 valence electrons. The molecule has 2 heterocycles. The Kier molecular flexibility index (Phi) is 3.38. The van der Waals surface area contributed by atoms with Crippen LogP contribution in [-0.4, -0.2) is 33.6 Å². The molecule has 0 unspecified atom stereocenters. The fourth-order valence-electron chi connectivity index (χ4n) is 3.08. The van der Waals surface area contributed by atoms with Gasteiger partial charge in [0.05, 0.1) is 23.9 Å². The number of nitrogens with one attached hydrogen (secondary N) is 1. The Bertz CT molecular complexity index is 666. The van der Waals surface area contributed by atoms with Crippen molar-refractivity contribution in [3.8, 4) is 5.69 Å². The SMILES string of the molecule is O=C(Nc1cnnn1-c1ccccc1)[C@@H]1CCO[C@H]1C1CC1. The molecule has 2 atom stereocenters. The molecule has 1 saturated heterocycles. The van der Waals surface area contributed by atoms with Crippen LogP contribution in [0, 0.1) is 11.8 Å². The number of benzene rings is 1. The standard InChI is InChI=1S/C16H18N4O2/c21-16(13-8-9-22-15(13)11-6-7-11)18-14-10-17-19-20(14)12-4-2-1-3-5-12/h1-5,10-11,13,15H,6-9H2,(H,18,21)/t13-,15+/m1/s1. The number of amides is 1. The van der Waals surface area contributed by atoms with Gasteiger partial charge in [-0.1, -0.05) is 23.4 Å². The van der Waals surface area contributed by atoms with Crippen LogP contribution in [0.5, 0.6) is 0 Å². The minimum atomic E-state index is -0.0633. The molecule has 6 heteroatoms. The van der Waals surface area contributed by atoms with Crippen molar-refractivity contribution < 1.29 is 9.53 Å². The summed E-state index contributed by atoms with van der Waals surface area (Å²) in [4.78, 5) is 12.6. The molecule has 2 aromatic rings. The summed E-state index contributed by atoms with van der Waals surface area (Å²) in [5, 5.41) is 10.9. The average Bonchev–Trinajstić information content (AvgIpc) is 3.10. The highest BCUT2D eigenvalue weighted by Crippen LogP contribution is 2.41. The van der Waals surface area contributed by atoms with Crippen molar-refractivity contribution in [1.29, 1.82) is 0 Å². The fourth-order valence-corrected chi connectivity index (χ4v) is 3.08. The van der Waals surface area contributed by atoms with Crippen molar-refractivity contribution in [3.63, 3.8) is 0 Å². The molecule has 1 amide bonds. The van der Waals surface area contributed by atoms with Crippen LogP contribution in [0.25, 0.3) is 5.69 Å². The minimum Gasteiger partial charge on any atom is -0.377 e. The number of hydrogen-bond acceptors (Lipinski definition) is 4. The van der Waals surface area contributed by atoms with E-state index in [0.29, 0.717) is 18.3 Å². The first kappa shape index (κ1) is 13.5. The number of anilines is 1. The zero-order valence-corrected chi connectivity index (χ0v) is 12.2. The molecular formula is C16H18N4O2. The van der Waals surface area contributed by atoms with Gasteiger partial charge in [-0.2, -0.15) is 4.68 Å². The molecule has 6 nitrogen and oxygen atoms in total. The monoisotopic (exact) mass is 298 g/mol. The fraction of sp³-hybridized carbons (Fsp3) is 0.438. The van der Waals surface area contributed by atoms with Crippen LogP contribution < -0.4 is 5.32 Å². The van der Waals surface area contributed by atoms with E-state index in [-0.39, 0.29) is 17.9 Å².